The summed E-state index contributed by atoms with van der Waals surface area (Å²) in [7, 11) is 0. The Morgan fingerprint density at radius 3 is 2.50 bits per heavy atom. The van der Waals surface area contributed by atoms with E-state index < -0.39 is 0 Å². The van der Waals surface area contributed by atoms with E-state index >= 15 is 0 Å². The van der Waals surface area contributed by atoms with Gasteiger partial charge < -0.3 is 15.2 Å². The van der Waals surface area contributed by atoms with E-state index in [9.17, 15) is 9.90 Å². The summed E-state index contributed by atoms with van der Waals surface area (Å²) in [5.41, 5.74) is 2.10. The summed E-state index contributed by atoms with van der Waals surface area (Å²) >= 11 is 0. The molecule has 0 heterocycles. The van der Waals surface area contributed by atoms with Crippen LogP contribution in [0.3, 0.4) is 0 Å². The summed E-state index contributed by atoms with van der Waals surface area (Å²) in [6.45, 7) is 3.20. The molecule has 0 saturated heterocycles. The zero-order valence-electron chi connectivity index (χ0n) is 13.9. The first kappa shape index (κ1) is 17.6. The van der Waals surface area contributed by atoms with E-state index in [0.717, 1.165) is 29.7 Å². The third-order valence-electron chi connectivity index (χ3n) is 3.50. The van der Waals surface area contributed by atoms with Crippen molar-refractivity contribution in [2.75, 3.05) is 13.2 Å². The fourth-order valence-corrected chi connectivity index (χ4v) is 2.24. The summed E-state index contributed by atoms with van der Waals surface area (Å²) < 4.78 is 5.38. The second-order valence-electron chi connectivity index (χ2n) is 5.40. The van der Waals surface area contributed by atoms with Crippen LogP contribution in [0.5, 0.6) is 11.5 Å². The molecule has 4 nitrogen and oxygen atoms in total. The molecular formula is C20H23NO3. The van der Waals surface area contributed by atoms with Crippen molar-refractivity contribution in [1.29, 1.82) is 0 Å². The number of phenolic OH excluding ortho intramolecular Hbond substituents is 1. The minimum absolute atomic E-state index is 0.102. The molecule has 2 N–H and O–H groups in total. The molecule has 24 heavy (non-hydrogen) atoms. The second-order valence-corrected chi connectivity index (χ2v) is 5.40. The highest BCUT2D eigenvalue weighted by Gasteiger charge is 1.98. The monoisotopic (exact) mass is 325 g/mol. The molecule has 0 atom stereocenters. The van der Waals surface area contributed by atoms with Gasteiger partial charge in [0.25, 0.3) is 0 Å². The van der Waals surface area contributed by atoms with Crippen LogP contribution in [0.2, 0.25) is 0 Å². The van der Waals surface area contributed by atoms with Crippen LogP contribution in [-0.4, -0.2) is 24.2 Å². The Morgan fingerprint density at radius 2 is 1.83 bits per heavy atom. The molecule has 2 aromatic rings. The van der Waals surface area contributed by atoms with E-state index in [1.165, 1.54) is 6.08 Å². The average molecular weight is 325 g/mol. The molecular weight excluding hydrogens is 302 g/mol. The molecule has 0 bridgehead atoms. The lowest BCUT2D eigenvalue weighted by molar-refractivity contribution is -0.116. The number of amides is 1. The van der Waals surface area contributed by atoms with Gasteiger partial charge in [0.1, 0.15) is 11.5 Å². The van der Waals surface area contributed by atoms with Gasteiger partial charge in [-0.3, -0.25) is 4.79 Å². The fraction of sp³-hybridized carbons (Fsp3) is 0.250. The molecule has 2 rings (SSSR count). The predicted molar refractivity (Wildman–Crippen MR) is 96.1 cm³/mol. The van der Waals surface area contributed by atoms with Crippen molar-refractivity contribution < 1.29 is 14.6 Å². The molecule has 2 aromatic carbocycles. The Balaban J connectivity index is 1.69. The fourth-order valence-electron chi connectivity index (χ4n) is 2.24. The zero-order valence-corrected chi connectivity index (χ0v) is 13.9. The van der Waals surface area contributed by atoms with E-state index in [-0.39, 0.29) is 11.7 Å². The highest BCUT2D eigenvalue weighted by atomic mass is 16.5. The van der Waals surface area contributed by atoms with Gasteiger partial charge in [0, 0.05) is 12.6 Å². The van der Waals surface area contributed by atoms with E-state index in [1.807, 2.05) is 43.3 Å². The summed E-state index contributed by atoms with van der Waals surface area (Å²) in [4.78, 5) is 11.8. The standard InChI is InChI=1S/C20H23NO3/c1-2-24-19-12-7-17(8-13-19)9-14-20(23)21-15-3-4-16-5-10-18(22)11-6-16/h5-14,22H,2-4,15H2,1H3,(H,21,23)/b14-9+. The zero-order chi connectivity index (χ0) is 17.2. The maximum atomic E-state index is 11.8. The molecule has 0 aliphatic heterocycles. The predicted octanol–water partition coefficient (Wildman–Crippen LogP) is 3.55. The lowest BCUT2D eigenvalue weighted by Gasteiger charge is -2.04. The maximum Gasteiger partial charge on any atom is 0.243 e. The molecule has 0 saturated carbocycles. The van der Waals surface area contributed by atoms with Crippen LogP contribution in [-0.2, 0) is 11.2 Å². The van der Waals surface area contributed by atoms with Crippen molar-refractivity contribution in [1.82, 2.24) is 5.32 Å². The number of carbonyl (C=O) groups is 1. The molecule has 4 heteroatoms. The van der Waals surface area contributed by atoms with Gasteiger partial charge in [-0.25, -0.2) is 0 Å². The van der Waals surface area contributed by atoms with Gasteiger partial charge >= 0.3 is 0 Å². The molecule has 0 unspecified atom stereocenters. The minimum atomic E-state index is -0.102. The molecule has 0 fully saturated rings. The number of benzene rings is 2. The molecule has 0 aliphatic carbocycles. The average Bonchev–Trinajstić information content (AvgIpc) is 2.60. The Morgan fingerprint density at radius 1 is 1.12 bits per heavy atom. The van der Waals surface area contributed by atoms with Crippen LogP contribution in [0.4, 0.5) is 0 Å². The van der Waals surface area contributed by atoms with Gasteiger partial charge in [-0.15, -0.1) is 0 Å². The largest absolute Gasteiger partial charge is 0.508 e. The Bertz CT molecular complexity index is 660. The van der Waals surface area contributed by atoms with E-state index in [0.29, 0.717) is 13.2 Å². The van der Waals surface area contributed by atoms with Crippen LogP contribution >= 0.6 is 0 Å². The first-order valence-electron chi connectivity index (χ1n) is 8.14. The van der Waals surface area contributed by atoms with Gasteiger partial charge in [0.15, 0.2) is 0 Å². The number of aryl methyl sites for hydroxylation is 1. The molecule has 126 valence electrons. The van der Waals surface area contributed by atoms with Gasteiger partial charge in [-0.05, 0) is 61.2 Å². The lowest BCUT2D eigenvalue weighted by Crippen LogP contribution is -2.22. The molecule has 1 amide bonds. The molecule has 0 spiro atoms. The van der Waals surface area contributed by atoms with Crippen LogP contribution in [0, 0.1) is 0 Å². The highest BCUT2D eigenvalue weighted by molar-refractivity contribution is 5.91. The number of nitrogens with one attached hydrogen (secondary N) is 1. The van der Waals surface area contributed by atoms with Crippen LogP contribution in [0.25, 0.3) is 6.08 Å². The molecule has 0 aliphatic rings. The number of hydrogen-bond acceptors (Lipinski definition) is 3. The third-order valence-corrected chi connectivity index (χ3v) is 3.50. The van der Waals surface area contributed by atoms with Gasteiger partial charge in [-0.1, -0.05) is 24.3 Å². The summed E-state index contributed by atoms with van der Waals surface area (Å²) in [5, 5.41) is 12.1. The third kappa shape index (κ3) is 6.16. The normalized spacial score (nSPS) is 10.7. The van der Waals surface area contributed by atoms with Crippen LogP contribution in [0.15, 0.2) is 54.6 Å². The topological polar surface area (TPSA) is 58.6 Å². The summed E-state index contributed by atoms with van der Waals surface area (Å²) in [6.07, 6.45) is 5.04. The Labute approximate surface area is 142 Å². The van der Waals surface area contributed by atoms with Crippen molar-refractivity contribution in [3.63, 3.8) is 0 Å². The minimum Gasteiger partial charge on any atom is -0.508 e. The Hall–Kier alpha value is -2.75. The van der Waals surface area contributed by atoms with Crippen molar-refractivity contribution >= 4 is 12.0 Å². The first-order chi connectivity index (χ1) is 11.7. The van der Waals surface area contributed by atoms with Gasteiger partial charge in [-0.2, -0.15) is 0 Å². The molecule has 0 radical (unpaired) electrons. The summed E-state index contributed by atoms with van der Waals surface area (Å²) in [6, 6.07) is 14.7. The quantitative estimate of drug-likeness (QED) is 0.576. The van der Waals surface area contributed by atoms with Crippen molar-refractivity contribution in [2.24, 2.45) is 0 Å². The summed E-state index contributed by atoms with van der Waals surface area (Å²) in [5.74, 6) is 0.995. The smallest absolute Gasteiger partial charge is 0.243 e. The SMILES string of the molecule is CCOc1ccc(/C=C/C(=O)NCCCc2ccc(O)cc2)cc1. The Kier molecular flexibility index (Phi) is 6.90. The number of aromatic hydroxyl groups is 1. The van der Waals surface area contributed by atoms with E-state index in [4.69, 9.17) is 4.74 Å². The van der Waals surface area contributed by atoms with Crippen molar-refractivity contribution in [3.05, 3.63) is 65.7 Å². The number of rotatable bonds is 8. The lowest BCUT2D eigenvalue weighted by atomic mass is 10.1. The van der Waals surface area contributed by atoms with Crippen molar-refractivity contribution in [2.45, 2.75) is 19.8 Å². The number of carbonyl (C=O) groups excluding carboxylic acids is 1. The first-order valence-corrected chi connectivity index (χ1v) is 8.14. The van der Waals surface area contributed by atoms with Crippen LogP contribution in [0.1, 0.15) is 24.5 Å². The number of ether oxygens (including phenoxy) is 1. The second kappa shape index (κ2) is 9.40. The van der Waals surface area contributed by atoms with Crippen LogP contribution < -0.4 is 10.1 Å². The number of phenols is 1. The highest BCUT2D eigenvalue weighted by Crippen LogP contribution is 2.13. The van der Waals surface area contributed by atoms with E-state index in [2.05, 4.69) is 5.32 Å². The maximum absolute atomic E-state index is 11.8. The van der Waals surface area contributed by atoms with E-state index in [1.54, 1.807) is 18.2 Å². The van der Waals surface area contributed by atoms with Gasteiger partial charge in [0.2, 0.25) is 5.91 Å². The van der Waals surface area contributed by atoms with Gasteiger partial charge in [0.05, 0.1) is 6.61 Å². The van der Waals surface area contributed by atoms with Crippen molar-refractivity contribution in [3.8, 4) is 11.5 Å². The molecule has 0 aromatic heterocycles. The number of hydrogen-bond donors (Lipinski definition) is 2.